The second-order valence-corrected chi connectivity index (χ2v) is 6.67. The molecule has 2 aromatic carbocycles. The summed E-state index contributed by atoms with van der Waals surface area (Å²) in [6.45, 7) is 0.166. The molecule has 1 aliphatic heterocycles. The lowest BCUT2D eigenvalue weighted by Gasteiger charge is -2.11. The molecule has 0 aliphatic carbocycles. The molecule has 0 saturated carbocycles. The largest absolute Gasteiger partial charge is 0.436 e. The number of hydrogen-bond donors (Lipinski definition) is 1. The quantitative estimate of drug-likeness (QED) is 0.378. The van der Waals surface area contributed by atoms with Gasteiger partial charge in [-0.3, -0.25) is 9.69 Å². The van der Waals surface area contributed by atoms with Crippen molar-refractivity contribution >= 4 is 29.6 Å². The molecule has 0 spiro atoms. The van der Waals surface area contributed by atoms with Crippen molar-refractivity contribution in [2.24, 2.45) is 0 Å². The first-order valence-corrected chi connectivity index (χ1v) is 9.22. The van der Waals surface area contributed by atoms with Gasteiger partial charge in [-0.15, -0.1) is 0 Å². The van der Waals surface area contributed by atoms with Crippen molar-refractivity contribution in [3.63, 3.8) is 0 Å². The number of carbonyl (C=O) groups is 2. The average Bonchev–Trinajstić information content (AvgIpc) is 2.99. The lowest BCUT2D eigenvalue weighted by molar-refractivity contribution is -0.123. The van der Waals surface area contributed by atoms with Crippen LogP contribution in [0.2, 0.25) is 5.28 Å². The minimum atomic E-state index is -0.766. The summed E-state index contributed by atoms with van der Waals surface area (Å²) in [6.07, 6.45) is 2.42. The van der Waals surface area contributed by atoms with Crippen molar-refractivity contribution in [1.82, 2.24) is 20.2 Å². The number of benzene rings is 2. The first-order valence-electron chi connectivity index (χ1n) is 8.84. The lowest BCUT2D eigenvalue weighted by Crippen LogP contribution is -2.30. The van der Waals surface area contributed by atoms with Gasteiger partial charge in [0.25, 0.3) is 11.8 Å². The zero-order valence-electron chi connectivity index (χ0n) is 15.4. The van der Waals surface area contributed by atoms with E-state index in [1.165, 1.54) is 6.08 Å². The number of rotatable bonds is 5. The average molecular weight is 425 g/mol. The van der Waals surface area contributed by atoms with Gasteiger partial charge < -0.3 is 10.1 Å². The highest BCUT2D eigenvalue weighted by Crippen LogP contribution is 2.25. The van der Waals surface area contributed by atoms with Gasteiger partial charge in [0, 0.05) is 0 Å². The number of ether oxygens (including phenoxy) is 1. The topological polar surface area (TPSA) is 84.4 Å². The number of hydrogen-bond acceptors (Lipinski definition) is 5. The SMILES string of the molecule is O=C1N/C(=C/c2cccc(Oc3nc(Cl)ncc3F)c2)C(=O)N1Cc1ccccc1. The number of halogens is 2. The summed E-state index contributed by atoms with van der Waals surface area (Å²) in [4.78, 5) is 33.2. The van der Waals surface area contributed by atoms with Crippen LogP contribution in [0.5, 0.6) is 11.6 Å². The maximum atomic E-state index is 13.8. The summed E-state index contributed by atoms with van der Waals surface area (Å²) in [5, 5.41) is 2.42. The molecule has 4 rings (SSSR count). The first-order chi connectivity index (χ1) is 14.5. The van der Waals surface area contributed by atoms with Crippen LogP contribution in [-0.2, 0) is 11.3 Å². The lowest BCUT2D eigenvalue weighted by atomic mass is 10.1. The molecule has 0 atom stereocenters. The fourth-order valence-electron chi connectivity index (χ4n) is 2.83. The molecule has 1 fully saturated rings. The van der Waals surface area contributed by atoms with E-state index in [0.717, 1.165) is 16.7 Å². The van der Waals surface area contributed by atoms with Crippen LogP contribution in [-0.4, -0.2) is 26.8 Å². The molecular formula is C21H14ClFN4O3. The van der Waals surface area contributed by atoms with Crippen LogP contribution in [0.25, 0.3) is 6.08 Å². The maximum absolute atomic E-state index is 13.8. The summed E-state index contributed by atoms with van der Waals surface area (Å²) in [6, 6.07) is 15.2. The van der Waals surface area contributed by atoms with E-state index in [0.29, 0.717) is 5.56 Å². The van der Waals surface area contributed by atoms with Crippen LogP contribution >= 0.6 is 11.6 Å². The van der Waals surface area contributed by atoms with Gasteiger partial charge >= 0.3 is 6.03 Å². The monoisotopic (exact) mass is 424 g/mol. The summed E-state index contributed by atoms with van der Waals surface area (Å²) in [5.74, 6) is -1.25. The number of nitrogens with zero attached hydrogens (tertiary/aromatic N) is 3. The number of nitrogens with one attached hydrogen (secondary N) is 1. The van der Waals surface area contributed by atoms with Gasteiger partial charge in [-0.2, -0.15) is 9.37 Å². The van der Waals surface area contributed by atoms with Crippen LogP contribution in [0, 0.1) is 5.82 Å². The smallest absolute Gasteiger partial charge is 0.329 e. The van der Waals surface area contributed by atoms with Gasteiger partial charge in [-0.1, -0.05) is 42.5 Å². The molecule has 1 N–H and O–H groups in total. The Kier molecular flexibility index (Phi) is 5.40. The number of aromatic nitrogens is 2. The fraction of sp³-hybridized carbons (Fsp3) is 0.0476. The molecular weight excluding hydrogens is 411 g/mol. The highest BCUT2D eigenvalue weighted by Gasteiger charge is 2.33. The standard InChI is InChI=1S/C21H14ClFN4O3/c22-20-24-11-16(23)18(26-20)30-15-8-4-7-14(9-15)10-17-19(28)27(21(29)25-17)12-13-5-2-1-3-6-13/h1-11H,12H2,(H,25,29)/b17-10+. The van der Waals surface area contributed by atoms with Crippen LogP contribution in [0.1, 0.15) is 11.1 Å². The van der Waals surface area contributed by atoms with E-state index in [2.05, 4.69) is 15.3 Å². The van der Waals surface area contributed by atoms with Crippen molar-refractivity contribution in [2.75, 3.05) is 0 Å². The van der Waals surface area contributed by atoms with Crippen LogP contribution in [0.3, 0.4) is 0 Å². The zero-order valence-corrected chi connectivity index (χ0v) is 16.1. The van der Waals surface area contributed by atoms with Crippen LogP contribution in [0.4, 0.5) is 9.18 Å². The third kappa shape index (κ3) is 4.28. The van der Waals surface area contributed by atoms with Gasteiger partial charge in [0.1, 0.15) is 11.4 Å². The Labute approximate surface area is 175 Å². The Morgan fingerprint density at radius 3 is 2.73 bits per heavy atom. The molecule has 30 heavy (non-hydrogen) atoms. The molecule has 1 aliphatic rings. The fourth-order valence-corrected chi connectivity index (χ4v) is 2.96. The van der Waals surface area contributed by atoms with E-state index in [4.69, 9.17) is 16.3 Å². The minimum absolute atomic E-state index is 0.129. The van der Waals surface area contributed by atoms with E-state index in [-0.39, 0.29) is 29.2 Å². The highest BCUT2D eigenvalue weighted by atomic mass is 35.5. The van der Waals surface area contributed by atoms with Crippen molar-refractivity contribution < 1.29 is 18.7 Å². The summed E-state index contributed by atoms with van der Waals surface area (Å²) in [7, 11) is 0. The van der Waals surface area contributed by atoms with E-state index >= 15 is 0 Å². The van der Waals surface area contributed by atoms with Gasteiger partial charge in [-0.05, 0) is 40.9 Å². The predicted molar refractivity (Wildman–Crippen MR) is 107 cm³/mol. The van der Waals surface area contributed by atoms with Gasteiger partial charge in [0.2, 0.25) is 11.1 Å². The maximum Gasteiger partial charge on any atom is 0.329 e. The van der Waals surface area contributed by atoms with Crippen molar-refractivity contribution in [1.29, 1.82) is 0 Å². The van der Waals surface area contributed by atoms with Gasteiger partial charge in [0.15, 0.2) is 0 Å². The molecule has 2 heterocycles. The zero-order chi connectivity index (χ0) is 21.1. The van der Waals surface area contributed by atoms with Crippen molar-refractivity contribution in [3.05, 3.63) is 88.7 Å². The highest BCUT2D eigenvalue weighted by molar-refractivity contribution is 6.28. The normalized spacial score (nSPS) is 14.9. The second-order valence-electron chi connectivity index (χ2n) is 6.33. The number of amides is 3. The van der Waals surface area contributed by atoms with E-state index in [1.807, 2.05) is 30.3 Å². The molecule has 3 aromatic rings. The minimum Gasteiger partial charge on any atom is -0.436 e. The summed E-state index contributed by atoms with van der Waals surface area (Å²) >= 11 is 5.67. The third-order valence-electron chi connectivity index (χ3n) is 4.21. The molecule has 7 nitrogen and oxygen atoms in total. The van der Waals surface area contributed by atoms with Gasteiger partial charge in [-0.25, -0.2) is 9.78 Å². The molecule has 0 bridgehead atoms. The number of urea groups is 1. The Balaban J connectivity index is 1.53. The van der Waals surface area contributed by atoms with E-state index in [9.17, 15) is 14.0 Å². The molecule has 1 aromatic heterocycles. The third-order valence-corrected chi connectivity index (χ3v) is 4.39. The van der Waals surface area contributed by atoms with Crippen LogP contribution < -0.4 is 10.1 Å². The van der Waals surface area contributed by atoms with E-state index < -0.39 is 17.8 Å². The molecule has 9 heteroatoms. The first kappa shape index (κ1) is 19.5. The molecule has 1 saturated heterocycles. The Hall–Kier alpha value is -3.78. The predicted octanol–water partition coefficient (Wildman–Crippen LogP) is 4.15. The summed E-state index contributed by atoms with van der Waals surface area (Å²) < 4.78 is 19.2. The molecule has 0 unspecified atom stereocenters. The Morgan fingerprint density at radius 2 is 1.93 bits per heavy atom. The molecule has 0 radical (unpaired) electrons. The second kappa shape index (κ2) is 8.30. The van der Waals surface area contributed by atoms with Gasteiger partial charge in [0.05, 0.1) is 12.7 Å². The molecule has 3 amide bonds. The van der Waals surface area contributed by atoms with Crippen LogP contribution in [0.15, 0.2) is 66.5 Å². The van der Waals surface area contributed by atoms with Crippen molar-refractivity contribution in [3.8, 4) is 11.6 Å². The molecule has 150 valence electrons. The Bertz CT molecular complexity index is 1150. The van der Waals surface area contributed by atoms with Crippen molar-refractivity contribution in [2.45, 2.75) is 6.54 Å². The summed E-state index contributed by atoms with van der Waals surface area (Å²) in [5.41, 5.74) is 1.53. The number of imide groups is 1. The number of carbonyl (C=O) groups excluding carboxylic acids is 2. The Morgan fingerprint density at radius 1 is 1.13 bits per heavy atom. The van der Waals surface area contributed by atoms with E-state index in [1.54, 1.807) is 24.3 Å².